The van der Waals surface area contributed by atoms with Crippen molar-refractivity contribution in [3.8, 4) is 5.75 Å². The van der Waals surface area contributed by atoms with E-state index >= 15 is 0 Å². The predicted molar refractivity (Wildman–Crippen MR) is 76.9 cm³/mol. The molecule has 106 valence electrons. The summed E-state index contributed by atoms with van der Waals surface area (Å²) >= 11 is 0. The molecule has 2 aromatic heterocycles. The van der Waals surface area contributed by atoms with Crippen LogP contribution in [0.15, 0.2) is 47.4 Å². The van der Waals surface area contributed by atoms with E-state index in [2.05, 4.69) is 5.10 Å². The predicted octanol–water partition coefficient (Wildman–Crippen LogP) is 1.37. The molecule has 3 rings (SSSR count). The molecule has 6 nitrogen and oxygen atoms in total. The molecule has 0 aliphatic heterocycles. The van der Waals surface area contributed by atoms with Crippen molar-refractivity contribution in [1.29, 1.82) is 0 Å². The molecule has 0 aliphatic carbocycles. The van der Waals surface area contributed by atoms with Crippen LogP contribution in [0.5, 0.6) is 5.75 Å². The van der Waals surface area contributed by atoms with E-state index < -0.39 is 0 Å². The zero-order valence-electron chi connectivity index (χ0n) is 11.4. The Bertz CT molecular complexity index is 847. The number of rotatable bonds is 4. The molecular formula is C15H13N3O3. The minimum atomic E-state index is -0.274. The molecule has 0 fully saturated rings. The molecule has 0 atom stereocenters. The number of carbonyl (C=O) groups excluding carboxylic acids is 1. The fraction of sp³-hybridized carbons (Fsp3) is 0.133. The number of pyridine rings is 1. The first-order chi connectivity index (χ1) is 10.2. The van der Waals surface area contributed by atoms with Crippen molar-refractivity contribution in [2.75, 3.05) is 7.11 Å². The molecule has 21 heavy (non-hydrogen) atoms. The van der Waals surface area contributed by atoms with Crippen LogP contribution < -0.4 is 10.4 Å². The first-order valence-electron chi connectivity index (χ1n) is 6.38. The molecule has 2 heterocycles. The van der Waals surface area contributed by atoms with E-state index in [0.29, 0.717) is 24.0 Å². The lowest BCUT2D eigenvalue weighted by Crippen LogP contribution is -2.21. The molecule has 0 aliphatic rings. The minimum Gasteiger partial charge on any atom is -0.497 e. The first-order valence-corrected chi connectivity index (χ1v) is 6.38. The van der Waals surface area contributed by atoms with Gasteiger partial charge in [-0.2, -0.15) is 0 Å². The topological polar surface area (TPSA) is 65.6 Å². The summed E-state index contributed by atoms with van der Waals surface area (Å²) in [6.45, 7) is 0.362. The van der Waals surface area contributed by atoms with E-state index in [1.807, 2.05) is 24.3 Å². The number of ether oxygens (including phenoxy) is 1. The summed E-state index contributed by atoms with van der Waals surface area (Å²) in [4.78, 5) is 23.0. The van der Waals surface area contributed by atoms with Crippen LogP contribution in [-0.4, -0.2) is 27.6 Å². The zero-order chi connectivity index (χ0) is 14.8. The average molecular weight is 283 g/mol. The molecule has 0 radical (unpaired) electrons. The highest BCUT2D eigenvalue weighted by atomic mass is 16.5. The van der Waals surface area contributed by atoms with Crippen LogP contribution in [-0.2, 0) is 6.54 Å². The Balaban J connectivity index is 1.98. The Morgan fingerprint density at radius 2 is 1.95 bits per heavy atom. The molecule has 3 aromatic rings. The van der Waals surface area contributed by atoms with E-state index in [0.717, 1.165) is 11.3 Å². The van der Waals surface area contributed by atoms with Gasteiger partial charge in [-0.25, -0.2) is 13.9 Å². The Kier molecular flexibility index (Phi) is 3.27. The third-order valence-electron chi connectivity index (χ3n) is 3.23. The number of methoxy groups -OCH3 is 1. The summed E-state index contributed by atoms with van der Waals surface area (Å²) in [5.41, 5.74) is 1.62. The monoisotopic (exact) mass is 283 g/mol. The maximum Gasteiger partial charge on any atom is 0.350 e. The van der Waals surface area contributed by atoms with Gasteiger partial charge in [0.1, 0.15) is 5.75 Å². The standard InChI is InChI=1S/C15H13N3O3/c1-21-13-5-2-11(3-6-13)9-18-15(20)17-8-12(10-19)4-7-14(17)16-18/h2-8,10H,9H2,1H3. The summed E-state index contributed by atoms with van der Waals surface area (Å²) in [7, 11) is 1.60. The third-order valence-corrected chi connectivity index (χ3v) is 3.23. The number of hydrogen-bond acceptors (Lipinski definition) is 4. The average Bonchev–Trinajstić information content (AvgIpc) is 2.84. The lowest BCUT2D eigenvalue weighted by molar-refractivity contribution is 0.112. The number of carbonyl (C=O) groups is 1. The summed E-state index contributed by atoms with van der Waals surface area (Å²) < 4.78 is 7.83. The van der Waals surface area contributed by atoms with Gasteiger partial charge in [-0.05, 0) is 29.8 Å². The van der Waals surface area contributed by atoms with Crippen LogP contribution in [0, 0.1) is 0 Å². The van der Waals surface area contributed by atoms with Crippen LogP contribution in [0.25, 0.3) is 5.65 Å². The molecule has 6 heteroatoms. The van der Waals surface area contributed by atoms with Crippen molar-refractivity contribution in [2.45, 2.75) is 6.54 Å². The quantitative estimate of drug-likeness (QED) is 0.678. The van der Waals surface area contributed by atoms with Gasteiger partial charge in [0.25, 0.3) is 0 Å². The Labute approximate surface area is 120 Å². The van der Waals surface area contributed by atoms with Gasteiger partial charge >= 0.3 is 5.69 Å². The molecule has 1 aromatic carbocycles. The fourth-order valence-electron chi connectivity index (χ4n) is 2.11. The van der Waals surface area contributed by atoms with E-state index in [9.17, 15) is 9.59 Å². The molecule has 0 saturated heterocycles. The molecule has 0 bridgehead atoms. The number of aldehydes is 1. The number of benzene rings is 1. The minimum absolute atomic E-state index is 0.274. The molecule has 0 unspecified atom stereocenters. The van der Waals surface area contributed by atoms with Crippen LogP contribution in [0.2, 0.25) is 0 Å². The van der Waals surface area contributed by atoms with Gasteiger partial charge in [0.2, 0.25) is 0 Å². The third kappa shape index (κ3) is 2.43. The number of nitrogens with zero attached hydrogens (tertiary/aromatic N) is 3. The van der Waals surface area contributed by atoms with Crippen LogP contribution in [0.3, 0.4) is 0 Å². The van der Waals surface area contributed by atoms with Gasteiger partial charge in [0, 0.05) is 11.8 Å². The zero-order valence-corrected chi connectivity index (χ0v) is 11.4. The normalized spacial score (nSPS) is 10.7. The molecule has 0 amide bonds. The molecular weight excluding hydrogens is 270 g/mol. The van der Waals surface area contributed by atoms with E-state index in [1.54, 1.807) is 19.2 Å². The van der Waals surface area contributed by atoms with Crippen LogP contribution in [0.4, 0.5) is 0 Å². The SMILES string of the molecule is COc1ccc(Cn2nc3ccc(C=O)cn3c2=O)cc1. The van der Waals surface area contributed by atoms with Crippen molar-refractivity contribution < 1.29 is 9.53 Å². The van der Waals surface area contributed by atoms with Crippen LogP contribution in [0.1, 0.15) is 15.9 Å². The van der Waals surface area contributed by atoms with E-state index in [-0.39, 0.29) is 5.69 Å². The van der Waals surface area contributed by atoms with Gasteiger partial charge in [-0.3, -0.25) is 4.79 Å². The second-order valence-electron chi connectivity index (χ2n) is 4.60. The summed E-state index contributed by atoms with van der Waals surface area (Å²) in [6, 6.07) is 10.7. The van der Waals surface area contributed by atoms with Crippen molar-refractivity contribution in [1.82, 2.24) is 14.2 Å². The lowest BCUT2D eigenvalue weighted by atomic mass is 10.2. The second-order valence-corrected chi connectivity index (χ2v) is 4.60. The van der Waals surface area contributed by atoms with Crippen molar-refractivity contribution in [3.05, 3.63) is 64.2 Å². The maximum atomic E-state index is 12.2. The highest BCUT2D eigenvalue weighted by molar-refractivity contribution is 5.74. The van der Waals surface area contributed by atoms with Crippen molar-refractivity contribution in [2.24, 2.45) is 0 Å². The van der Waals surface area contributed by atoms with Gasteiger partial charge in [0.05, 0.1) is 13.7 Å². The van der Waals surface area contributed by atoms with Crippen molar-refractivity contribution >= 4 is 11.9 Å². The molecule has 0 spiro atoms. The summed E-state index contributed by atoms with van der Waals surface area (Å²) in [5.74, 6) is 0.761. The Morgan fingerprint density at radius 3 is 2.62 bits per heavy atom. The van der Waals surface area contributed by atoms with Gasteiger partial charge in [-0.1, -0.05) is 12.1 Å². The second kappa shape index (κ2) is 5.24. The van der Waals surface area contributed by atoms with Crippen LogP contribution >= 0.6 is 0 Å². The van der Waals surface area contributed by atoms with Gasteiger partial charge < -0.3 is 4.74 Å². The molecule has 0 saturated carbocycles. The highest BCUT2D eigenvalue weighted by Crippen LogP contribution is 2.11. The first kappa shape index (κ1) is 13.1. The lowest BCUT2D eigenvalue weighted by Gasteiger charge is -2.02. The summed E-state index contributed by atoms with van der Waals surface area (Å²) in [5, 5.41) is 4.25. The van der Waals surface area contributed by atoms with Gasteiger partial charge in [-0.15, -0.1) is 5.10 Å². The maximum absolute atomic E-state index is 12.2. The highest BCUT2D eigenvalue weighted by Gasteiger charge is 2.08. The summed E-state index contributed by atoms with van der Waals surface area (Å²) in [6.07, 6.45) is 2.19. The van der Waals surface area contributed by atoms with E-state index in [1.165, 1.54) is 15.3 Å². The largest absolute Gasteiger partial charge is 0.497 e. The van der Waals surface area contributed by atoms with Crippen molar-refractivity contribution in [3.63, 3.8) is 0 Å². The van der Waals surface area contributed by atoms with Gasteiger partial charge in [0.15, 0.2) is 11.9 Å². The van der Waals surface area contributed by atoms with E-state index in [4.69, 9.17) is 4.74 Å². The molecule has 0 N–H and O–H groups in total. The fourth-order valence-corrected chi connectivity index (χ4v) is 2.11. The number of aromatic nitrogens is 3. The Hall–Kier alpha value is -2.89. The number of hydrogen-bond donors (Lipinski definition) is 0. The Morgan fingerprint density at radius 1 is 1.19 bits per heavy atom. The number of fused-ring (bicyclic) bond motifs is 1. The smallest absolute Gasteiger partial charge is 0.350 e.